The van der Waals surface area contributed by atoms with E-state index in [1.807, 2.05) is 6.07 Å². The third-order valence-corrected chi connectivity index (χ3v) is 4.75. The van der Waals surface area contributed by atoms with Crippen LogP contribution in [0.4, 0.5) is 0 Å². The Morgan fingerprint density at radius 2 is 2.20 bits per heavy atom. The van der Waals surface area contributed by atoms with Crippen molar-refractivity contribution in [3.63, 3.8) is 0 Å². The van der Waals surface area contributed by atoms with Crippen LogP contribution in [0.2, 0.25) is 0 Å². The Hall–Kier alpha value is -2.18. The number of benzene rings is 1. The summed E-state index contributed by atoms with van der Waals surface area (Å²) in [6.07, 6.45) is 2.24. The lowest BCUT2D eigenvalue weighted by Crippen LogP contribution is -2.41. The number of nitrogens with one attached hydrogen (secondary N) is 1. The second kappa shape index (κ2) is 8.27. The van der Waals surface area contributed by atoms with E-state index in [0.717, 1.165) is 19.4 Å². The molecule has 0 radical (unpaired) electrons. The van der Waals surface area contributed by atoms with Crippen LogP contribution in [0.15, 0.2) is 40.9 Å². The van der Waals surface area contributed by atoms with E-state index in [1.54, 1.807) is 13.2 Å². The highest BCUT2D eigenvalue weighted by atomic mass is 16.5. The van der Waals surface area contributed by atoms with Crippen molar-refractivity contribution < 1.29 is 14.1 Å². The molecule has 6 nitrogen and oxygen atoms in total. The molecule has 0 unspecified atom stereocenters. The van der Waals surface area contributed by atoms with Crippen molar-refractivity contribution >= 4 is 5.91 Å². The molecular weight excluding hydrogens is 318 g/mol. The van der Waals surface area contributed by atoms with Gasteiger partial charge in [0.05, 0.1) is 0 Å². The van der Waals surface area contributed by atoms with Gasteiger partial charge >= 0.3 is 0 Å². The largest absolute Gasteiger partial charge is 0.377 e. The van der Waals surface area contributed by atoms with Gasteiger partial charge in [0, 0.05) is 25.8 Å². The second-order valence-corrected chi connectivity index (χ2v) is 6.56. The van der Waals surface area contributed by atoms with Crippen LogP contribution in [0, 0.1) is 5.92 Å². The molecule has 0 aliphatic carbocycles. The van der Waals surface area contributed by atoms with E-state index >= 15 is 0 Å². The number of carbonyl (C=O) groups is 1. The van der Waals surface area contributed by atoms with Crippen LogP contribution >= 0.6 is 0 Å². The number of ether oxygens (including phenoxy) is 1. The summed E-state index contributed by atoms with van der Waals surface area (Å²) in [6.45, 7) is 2.01. The lowest BCUT2D eigenvalue weighted by Gasteiger charge is -2.39. The van der Waals surface area contributed by atoms with Gasteiger partial charge in [0.1, 0.15) is 6.61 Å². The summed E-state index contributed by atoms with van der Waals surface area (Å²) in [6, 6.07) is 12.4. The first-order valence-corrected chi connectivity index (χ1v) is 8.67. The van der Waals surface area contributed by atoms with Crippen molar-refractivity contribution in [3.05, 3.63) is 53.4 Å². The molecule has 3 rings (SSSR count). The first-order valence-electron chi connectivity index (χ1n) is 8.67. The molecule has 0 saturated carbocycles. The number of carbonyl (C=O) groups excluding carboxylic acids is 1. The lowest BCUT2D eigenvalue weighted by atomic mass is 9.85. The summed E-state index contributed by atoms with van der Waals surface area (Å²) < 4.78 is 10.1. The number of methoxy groups -OCH3 is 1. The molecule has 1 saturated heterocycles. The van der Waals surface area contributed by atoms with E-state index in [4.69, 9.17) is 9.26 Å². The van der Waals surface area contributed by atoms with Gasteiger partial charge in [0.25, 0.3) is 5.91 Å². The van der Waals surface area contributed by atoms with Crippen molar-refractivity contribution in [1.29, 1.82) is 0 Å². The van der Waals surface area contributed by atoms with E-state index in [9.17, 15) is 4.79 Å². The van der Waals surface area contributed by atoms with Crippen LogP contribution in [0.25, 0.3) is 0 Å². The number of nitrogens with zero attached hydrogens (tertiary/aromatic N) is 2. The Kier molecular flexibility index (Phi) is 5.83. The van der Waals surface area contributed by atoms with E-state index in [-0.39, 0.29) is 5.91 Å². The Bertz CT molecular complexity index is 686. The maximum absolute atomic E-state index is 12.3. The van der Waals surface area contributed by atoms with Gasteiger partial charge in [-0.2, -0.15) is 0 Å². The number of aromatic nitrogens is 1. The van der Waals surface area contributed by atoms with Crippen LogP contribution in [-0.4, -0.2) is 43.2 Å². The highest BCUT2D eigenvalue weighted by molar-refractivity contribution is 5.92. The van der Waals surface area contributed by atoms with Gasteiger partial charge in [-0.05, 0) is 37.9 Å². The normalized spacial score (nSPS) is 21.2. The summed E-state index contributed by atoms with van der Waals surface area (Å²) in [4.78, 5) is 14.7. The molecular formula is C19H25N3O3. The summed E-state index contributed by atoms with van der Waals surface area (Å²) in [5.41, 5.74) is 1.60. The van der Waals surface area contributed by atoms with Gasteiger partial charge in [-0.3, -0.25) is 9.69 Å². The van der Waals surface area contributed by atoms with Gasteiger partial charge in [-0.1, -0.05) is 35.5 Å². The predicted octanol–water partition coefficient (Wildman–Crippen LogP) is 2.63. The molecule has 2 aromatic rings. The number of hydrogen-bond acceptors (Lipinski definition) is 5. The van der Waals surface area contributed by atoms with E-state index in [0.29, 0.717) is 36.6 Å². The minimum Gasteiger partial charge on any atom is -0.377 e. The molecule has 1 fully saturated rings. The molecule has 25 heavy (non-hydrogen) atoms. The van der Waals surface area contributed by atoms with Crippen molar-refractivity contribution in [2.45, 2.75) is 25.5 Å². The minimum atomic E-state index is -0.203. The van der Waals surface area contributed by atoms with Crippen LogP contribution in [0.1, 0.15) is 40.7 Å². The molecule has 0 spiro atoms. The zero-order valence-corrected chi connectivity index (χ0v) is 14.8. The molecule has 1 N–H and O–H groups in total. The fourth-order valence-electron chi connectivity index (χ4n) is 3.59. The average molecular weight is 343 g/mol. The number of hydrogen-bond donors (Lipinski definition) is 1. The molecule has 1 aliphatic heterocycles. The molecule has 2 atom stereocenters. The fourth-order valence-corrected chi connectivity index (χ4v) is 3.59. The van der Waals surface area contributed by atoms with Crippen LogP contribution in [-0.2, 0) is 11.3 Å². The van der Waals surface area contributed by atoms with Gasteiger partial charge in [-0.25, -0.2) is 0 Å². The van der Waals surface area contributed by atoms with E-state index < -0.39 is 0 Å². The van der Waals surface area contributed by atoms with Crippen LogP contribution in [0.5, 0.6) is 0 Å². The smallest absolute Gasteiger partial charge is 0.273 e. The standard InChI is InChI=1S/C19H25N3O3/c1-22-10-6-9-15(18(22)14-7-4-3-5-8-14)12-20-19(23)17-11-16(13-24-2)25-21-17/h3-5,7-8,11,15,18H,6,9-10,12-13H2,1-2H3,(H,20,23)/t15-,18-/m0/s1. The Balaban J connectivity index is 1.64. The number of amides is 1. The number of rotatable bonds is 6. The summed E-state index contributed by atoms with van der Waals surface area (Å²) in [5, 5.41) is 6.83. The zero-order valence-electron chi connectivity index (χ0n) is 14.8. The average Bonchev–Trinajstić information content (AvgIpc) is 3.09. The molecule has 1 aliphatic rings. The third kappa shape index (κ3) is 4.27. The summed E-state index contributed by atoms with van der Waals surface area (Å²) in [5.74, 6) is 0.716. The maximum atomic E-state index is 12.3. The van der Waals surface area contributed by atoms with Gasteiger partial charge in [0.2, 0.25) is 0 Å². The highest BCUT2D eigenvalue weighted by Crippen LogP contribution is 2.34. The van der Waals surface area contributed by atoms with Gasteiger partial charge in [-0.15, -0.1) is 0 Å². The summed E-state index contributed by atoms with van der Waals surface area (Å²) in [7, 11) is 3.73. The minimum absolute atomic E-state index is 0.203. The number of likely N-dealkylation sites (tertiary alicyclic amines) is 1. The highest BCUT2D eigenvalue weighted by Gasteiger charge is 2.30. The van der Waals surface area contributed by atoms with Crippen molar-refractivity contribution in [2.75, 3.05) is 27.2 Å². The monoisotopic (exact) mass is 343 g/mol. The van der Waals surface area contributed by atoms with Crippen LogP contribution in [0.3, 0.4) is 0 Å². The Labute approximate surface area is 148 Å². The summed E-state index contributed by atoms with van der Waals surface area (Å²) >= 11 is 0. The molecule has 6 heteroatoms. The predicted molar refractivity (Wildman–Crippen MR) is 94.1 cm³/mol. The van der Waals surface area contributed by atoms with Crippen molar-refractivity contribution in [2.24, 2.45) is 5.92 Å². The Morgan fingerprint density at radius 1 is 1.40 bits per heavy atom. The Morgan fingerprint density at radius 3 is 2.96 bits per heavy atom. The third-order valence-electron chi connectivity index (χ3n) is 4.75. The van der Waals surface area contributed by atoms with Crippen LogP contribution < -0.4 is 5.32 Å². The van der Waals surface area contributed by atoms with Gasteiger partial charge in [0.15, 0.2) is 11.5 Å². The fraction of sp³-hybridized carbons (Fsp3) is 0.474. The van der Waals surface area contributed by atoms with E-state index in [1.165, 1.54) is 5.56 Å². The molecule has 1 aromatic carbocycles. The SMILES string of the molecule is COCc1cc(C(=O)NC[C@@H]2CCCN(C)[C@H]2c2ccccc2)no1. The topological polar surface area (TPSA) is 67.6 Å². The first kappa shape index (κ1) is 17.6. The van der Waals surface area contributed by atoms with E-state index in [2.05, 4.69) is 46.7 Å². The first-order chi connectivity index (χ1) is 12.2. The molecule has 1 aromatic heterocycles. The quantitative estimate of drug-likeness (QED) is 0.873. The second-order valence-electron chi connectivity index (χ2n) is 6.56. The van der Waals surface area contributed by atoms with Gasteiger partial charge < -0.3 is 14.6 Å². The maximum Gasteiger partial charge on any atom is 0.273 e. The molecule has 134 valence electrons. The van der Waals surface area contributed by atoms with Crippen molar-refractivity contribution in [1.82, 2.24) is 15.4 Å². The zero-order chi connectivity index (χ0) is 17.6. The molecule has 1 amide bonds. The van der Waals surface area contributed by atoms with Crippen molar-refractivity contribution in [3.8, 4) is 0 Å². The molecule has 0 bridgehead atoms. The lowest BCUT2D eigenvalue weighted by molar-refractivity contribution is 0.0882. The number of piperidine rings is 1. The molecule has 2 heterocycles.